The third kappa shape index (κ3) is 2.10. The number of aromatic nitrogens is 1. The van der Waals surface area contributed by atoms with E-state index in [2.05, 4.69) is 4.98 Å². The third-order valence-corrected chi connectivity index (χ3v) is 1.99. The number of carbonyl (C=O) groups excluding carboxylic acids is 1. The number of nitrogen functional groups attached to an aromatic ring is 2. The Hall–Kier alpha value is -1.84. The maximum absolute atomic E-state index is 10.1. The topological polar surface area (TPSA) is 82.0 Å². The number of aldehydes is 1. The lowest BCUT2D eigenvalue weighted by molar-refractivity contribution is -0.107. The van der Waals surface area contributed by atoms with Crippen molar-refractivity contribution >= 4 is 23.9 Å². The fourth-order valence-electron chi connectivity index (χ4n) is 1.07. The number of nitrogens with zero attached hydrogens (tertiary/aromatic N) is 1. The van der Waals surface area contributed by atoms with Gasteiger partial charge in [0.05, 0.1) is 5.69 Å². The highest BCUT2D eigenvalue weighted by Gasteiger charge is 2.02. The number of pyridine rings is 1. The molecule has 14 heavy (non-hydrogen) atoms. The third-order valence-electron chi connectivity index (χ3n) is 1.99. The minimum Gasteiger partial charge on any atom is -0.396 e. The summed E-state index contributed by atoms with van der Waals surface area (Å²) in [6.07, 6.45) is 6.44. The largest absolute Gasteiger partial charge is 0.396 e. The van der Waals surface area contributed by atoms with Gasteiger partial charge in [0.1, 0.15) is 12.1 Å². The van der Waals surface area contributed by atoms with E-state index in [0.29, 0.717) is 17.9 Å². The summed E-state index contributed by atoms with van der Waals surface area (Å²) < 4.78 is 0. The second kappa shape index (κ2) is 4.41. The van der Waals surface area contributed by atoms with Gasteiger partial charge in [-0.2, -0.15) is 0 Å². The quantitative estimate of drug-likeness (QED) is 0.702. The molecule has 1 rings (SSSR count). The number of hydrogen-bond donors (Lipinski definition) is 2. The molecule has 0 spiro atoms. The van der Waals surface area contributed by atoms with Crippen LogP contribution in [0.2, 0.25) is 0 Å². The van der Waals surface area contributed by atoms with Gasteiger partial charge in [-0.15, -0.1) is 0 Å². The van der Waals surface area contributed by atoms with Crippen molar-refractivity contribution in [3.05, 3.63) is 23.4 Å². The summed E-state index contributed by atoms with van der Waals surface area (Å²) in [5, 5.41) is 0. The van der Waals surface area contributed by atoms with E-state index in [1.54, 1.807) is 12.3 Å². The van der Waals surface area contributed by atoms with Crippen LogP contribution in [0.25, 0.3) is 6.08 Å². The number of carbonyl (C=O) groups is 1. The molecule has 0 fully saturated rings. The molecule has 4 N–H and O–H groups in total. The average Bonchev–Trinajstić information content (AvgIpc) is 2.18. The molecular formula is C10H13N3O. The van der Waals surface area contributed by atoms with Gasteiger partial charge in [-0.25, -0.2) is 4.98 Å². The average molecular weight is 191 g/mol. The Labute approximate surface area is 82.6 Å². The lowest BCUT2D eigenvalue weighted by atomic mass is 10.1. The summed E-state index contributed by atoms with van der Waals surface area (Å²) in [6, 6.07) is 0. The van der Waals surface area contributed by atoms with Crippen LogP contribution in [-0.4, -0.2) is 11.3 Å². The molecule has 74 valence electrons. The Bertz CT molecular complexity index is 372. The SMILES string of the molecule is Cc1c(C=CCC=O)cnc(N)c1N. The molecule has 1 aromatic heterocycles. The van der Waals surface area contributed by atoms with Gasteiger partial charge in [0.15, 0.2) is 0 Å². The van der Waals surface area contributed by atoms with E-state index in [4.69, 9.17) is 11.5 Å². The fourth-order valence-corrected chi connectivity index (χ4v) is 1.07. The number of allylic oxidation sites excluding steroid dienone is 1. The van der Waals surface area contributed by atoms with Gasteiger partial charge in [0.2, 0.25) is 0 Å². The molecule has 0 amide bonds. The number of anilines is 2. The molecule has 0 aliphatic rings. The Kier molecular flexibility index (Phi) is 3.23. The molecule has 4 heteroatoms. The predicted molar refractivity (Wildman–Crippen MR) is 57.5 cm³/mol. The van der Waals surface area contributed by atoms with Gasteiger partial charge in [-0.05, 0) is 18.1 Å². The summed E-state index contributed by atoms with van der Waals surface area (Å²) in [7, 11) is 0. The molecule has 0 atom stereocenters. The summed E-state index contributed by atoms with van der Waals surface area (Å²) in [4.78, 5) is 14.0. The van der Waals surface area contributed by atoms with Crippen LogP contribution in [0.15, 0.2) is 12.3 Å². The summed E-state index contributed by atoms with van der Waals surface area (Å²) >= 11 is 0. The van der Waals surface area contributed by atoms with E-state index in [1.165, 1.54) is 0 Å². The Morgan fingerprint density at radius 1 is 1.50 bits per heavy atom. The highest BCUT2D eigenvalue weighted by molar-refractivity contribution is 5.70. The second-order valence-electron chi connectivity index (χ2n) is 2.94. The van der Waals surface area contributed by atoms with Crippen molar-refractivity contribution < 1.29 is 4.79 Å². The van der Waals surface area contributed by atoms with Gasteiger partial charge in [-0.1, -0.05) is 12.2 Å². The molecule has 1 heterocycles. The van der Waals surface area contributed by atoms with Crippen molar-refractivity contribution in [1.29, 1.82) is 0 Å². The first-order chi connectivity index (χ1) is 6.66. The molecule has 0 bridgehead atoms. The lowest BCUT2D eigenvalue weighted by Gasteiger charge is -2.05. The molecule has 0 aliphatic carbocycles. The molecule has 0 saturated heterocycles. The van der Waals surface area contributed by atoms with Crippen LogP contribution >= 0.6 is 0 Å². The fraction of sp³-hybridized carbons (Fsp3) is 0.200. The number of hydrogen-bond acceptors (Lipinski definition) is 4. The number of nitrogens with two attached hydrogens (primary N) is 2. The first-order valence-electron chi connectivity index (χ1n) is 4.27. The van der Waals surface area contributed by atoms with E-state index in [-0.39, 0.29) is 0 Å². The zero-order valence-electron chi connectivity index (χ0n) is 8.03. The zero-order chi connectivity index (χ0) is 10.6. The first kappa shape index (κ1) is 10.2. The minimum absolute atomic E-state index is 0.343. The normalized spacial score (nSPS) is 10.6. The molecule has 0 saturated carbocycles. The van der Waals surface area contributed by atoms with E-state index in [0.717, 1.165) is 17.4 Å². The minimum atomic E-state index is 0.343. The molecule has 1 aromatic rings. The molecule has 0 aromatic carbocycles. The van der Waals surface area contributed by atoms with Crippen molar-refractivity contribution in [2.45, 2.75) is 13.3 Å². The Morgan fingerprint density at radius 3 is 2.86 bits per heavy atom. The monoisotopic (exact) mass is 191 g/mol. The highest BCUT2D eigenvalue weighted by atomic mass is 16.1. The van der Waals surface area contributed by atoms with Crippen LogP contribution < -0.4 is 11.5 Å². The standard InChI is InChI=1S/C10H13N3O/c1-7-8(4-2-3-5-14)6-13-10(12)9(7)11/h2,4-6H,3,11H2,1H3,(H2,12,13). The van der Waals surface area contributed by atoms with Crippen LogP contribution in [0, 0.1) is 6.92 Å². The van der Waals surface area contributed by atoms with Crippen LogP contribution in [-0.2, 0) is 4.79 Å². The molecular weight excluding hydrogens is 178 g/mol. The predicted octanol–water partition coefficient (Wildman–Crippen LogP) is 1.16. The van der Waals surface area contributed by atoms with Crippen molar-refractivity contribution in [2.24, 2.45) is 0 Å². The Balaban J connectivity index is 2.99. The van der Waals surface area contributed by atoms with Gasteiger partial charge in [0, 0.05) is 12.6 Å². The maximum atomic E-state index is 10.1. The van der Waals surface area contributed by atoms with Crippen LogP contribution in [0.1, 0.15) is 17.5 Å². The van der Waals surface area contributed by atoms with Gasteiger partial charge < -0.3 is 16.3 Å². The first-order valence-corrected chi connectivity index (χ1v) is 4.27. The Morgan fingerprint density at radius 2 is 2.21 bits per heavy atom. The van der Waals surface area contributed by atoms with Crippen molar-refractivity contribution in [3.63, 3.8) is 0 Å². The zero-order valence-corrected chi connectivity index (χ0v) is 8.03. The van der Waals surface area contributed by atoms with E-state index >= 15 is 0 Å². The molecule has 0 unspecified atom stereocenters. The summed E-state index contributed by atoms with van der Waals surface area (Å²) in [5.74, 6) is 0.343. The van der Waals surface area contributed by atoms with E-state index in [1.807, 2.05) is 13.0 Å². The lowest BCUT2D eigenvalue weighted by Crippen LogP contribution is -2.01. The molecule has 4 nitrogen and oxygen atoms in total. The van der Waals surface area contributed by atoms with Crippen molar-refractivity contribution in [3.8, 4) is 0 Å². The summed E-state index contributed by atoms with van der Waals surface area (Å²) in [6.45, 7) is 1.87. The van der Waals surface area contributed by atoms with Crippen molar-refractivity contribution in [2.75, 3.05) is 11.5 Å². The van der Waals surface area contributed by atoms with E-state index in [9.17, 15) is 4.79 Å². The van der Waals surface area contributed by atoms with Gasteiger partial charge >= 0.3 is 0 Å². The van der Waals surface area contributed by atoms with Gasteiger partial charge in [-0.3, -0.25) is 0 Å². The summed E-state index contributed by atoms with van der Waals surface area (Å²) in [5.41, 5.74) is 13.5. The van der Waals surface area contributed by atoms with E-state index < -0.39 is 0 Å². The smallest absolute Gasteiger partial charge is 0.146 e. The van der Waals surface area contributed by atoms with Crippen LogP contribution in [0.4, 0.5) is 11.5 Å². The molecule has 0 radical (unpaired) electrons. The van der Waals surface area contributed by atoms with Crippen LogP contribution in [0.3, 0.4) is 0 Å². The second-order valence-corrected chi connectivity index (χ2v) is 2.94. The van der Waals surface area contributed by atoms with Gasteiger partial charge in [0.25, 0.3) is 0 Å². The van der Waals surface area contributed by atoms with Crippen LogP contribution in [0.5, 0.6) is 0 Å². The molecule has 0 aliphatic heterocycles. The maximum Gasteiger partial charge on any atom is 0.146 e. The highest BCUT2D eigenvalue weighted by Crippen LogP contribution is 2.21. The number of rotatable bonds is 3. The van der Waals surface area contributed by atoms with Crippen molar-refractivity contribution in [1.82, 2.24) is 4.98 Å².